The van der Waals surface area contributed by atoms with Crippen LogP contribution in [0.15, 0.2) is 42.5 Å². The van der Waals surface area contributed by atoms with Gasteiger partial charge in [-0.15, -0.1) is 0 Å². The highest BCUT2D eigenvalue weighted by atomic mass is 19.1. The number of hydrogen-bond acceptors (Lipinski definition) is 4. The molecule has 2 aromatic rings. The summed E-state index contributed by atoms with van der Waals surface area (Å²) in [5.41, 5.74) is 0.325. The topological polar surface area (TPSA) is 72.5 Å². The van der Waals surface area contributed by atoms with Gasteiger partial charge in [-0.1, -0.05) is 0 Å². The first kappa shape index (κ1) is 17.3. The van der Waals surface area contributed by atoms with Gasteiger partial charge in [0.15, 0.2) is 12.4 Å². The minimum atomic E-state index is -1.06. The average Bonchev–Trinajstić information content (AvgIpc) is 2.52. The molecule has 2 rings (SSSR count). The van der Waals surface area contributed by atoms with E-state index in [4.69, 9.17) is 4.74 Å². The molecule has 0 saturated carbocycles. The van der Waals surface area contributed by atoms with Crippen LogP contribution in [0, 0.1) is 11.6 Å². The molecule has 0 aliphatic heterocycles. The van der Waals surface area contributed by atoms with E-state index in [1.54, 1.807) is 0 Å². The van der Waals surface area contributed by atoms with Gasteiger partial charge >= 0.3 is 5.97 Å². The summed E-state index contributed by atoms with van der Waals surface area (Å²) in [6.07, 6.45) is 0. The first-order chi connectivity index (χ1) is 11.4. The van der Waals surface area contributed by atoms with E-state index >= 15 is 0 Å². The monoisotopic (exact) mass is 333 g/mol. The molecule has 5 nitrogen and oxygen atoms in total. The minimum Gasteiger partial charge on any atom is -0.454 e. The van der Waals surface area contributed by atoms with Gasteiger partial charge in [-0.2, -0.15) is 0 Å². The number of ketones is 1. The van der Waals surface area contributed by atoms with Gasteiger partial charge in [0.1, 0.15) is 11.6 Å². The van der Waals surface area contributed by atoms with Crippen molar-refractivity contribution in [2.24, 2.45) is 0 Å². The summed E-state index contributed by atoms with van der Waals surface area (Å²) in [5, 5.41) is 2.55. The lowest BCUT2D eigenvalue weighted by atomic mass is 10.1. The normalized spacial score (nSPS) is 10.1. The zero-order valence-corrected chi connectivity index (χ0v) is 12.6. The zero-order valence-electron chi connectivity index (χ0n) is 12.6. The van der Waals surface area contributed by atoms with Crippen molar-refractivity contribution in [3.63, 3.8) is 0 Å². The van der Waals surface area contributed by atoms with Crippen LogP contribution in [0.2, 0.25) is 0 Å². The third-order valence-corrected chi connectivity index (χ3v) is 3.01. The predicted molar refractivity (Wildman–Crippen MR) is 81.7 cm³/mol. The van der Waals surface area contributed by atoms with Crippen LogP contribution >= 0.6 is 0 Å². The lowest BCUT2D eigenvalue weighted by Gasteiger charge is -2.06. The standard InChI is InChI=1S/C17H13F2NO4/c1-10(21)20-13-5-2-11(3-6-13)16(22)9-24-17(23)14-7-4-12(18)8-15(14)19/h2-8H,9H2,1H3,(H,20,21). The summed E-state index contributed by atoms with van der Waals surface area (Å²) in [4.78, 5) is 34.5. The highest BCUT2D eigenvalue weighted by molar-refractivity contribution is 6.00. The molecule has 0 saturated heterocycles. The number of ether oxygens (including phenoxy) is 1. The fraction of sp³-hybridized carbons (Fsp3) is 0.118. The number of benzene rings is 2. The first-order valence-corrected chi connectivity index (χ1v) is 6.90. The maximum absolute atomic E-state index is 13.4. The number of rotatable bonds is 5. The lowest BCUT2D eigenvalue weighted by molar-refractivity contribution is -0.114. The van der Waals surface area contributed by atoms with Gasteiger partial charge in [0.25, 0.3) is 0 Å². The third-order valence-electron chi connectivity index (χ3n) is 3.01. The second-order valence-electron chi connectivity index (χ2n) is 4.88. The maximum Gasteiger partial charge on any atom is 0.341 e. The Hall–Kier alpha value is -3.09. The molecule has 7 heteroatoms. The van der Waals surface area contributed by atoms with E-state index in [2.05, 4.69) is 5.32 Å². The van der Waals surface area contributed by atoms with Crippen molar-refractivity contribution in [3.05, 3.63) is 65.2 Å². The van der Waals surface area contributed by atoms with E-state index < -0.39 is 35.6 Å². The first-order valence-electron chi connectivity index (χ1n) is 6.90. The Bertz CT molecular complexity index is 788. The molecule has 0 aliphatic rings. The SMILES string of the molecule is CC(=O)Nc1ccc(C(=O)COC(=O)c2ccc(F)cc2F)cc1. The fourth-order valence-electron chi connectivity index (χ4n) is 1.89. The van der Waals surface area contributed by atoms with E-state index in [0.717, 1.165) is 12.1 Å². The van der Waals surface area contributed by atoms with Crippen LogP contribution in [0.25, 0.3) is 0 Å². The number of Topliss-reactive ketones (excluding diaryl/α,β-unsaturated/α-hetero) is 1. The van der Waals surface area contributed by atoms with Gasteiger partial charge in [-0.25, -0.2) is 13.6 Å². The summed E-state index contributed by atoms with van der Waals surface area (Å²) in [6.45, 7) is 0.766. The lowest BCUT2D eigenvalue weighted by Crippen LogP contribution is -2.15. The summed E-state index contributed by atoms with van der Waals surface area (Å²) < 4.78 is 31.0. The molecule has 0 fully saturated rings. The summed E-state index contributed by atoms with van der Waals surface area (Å²) in [7, 11) is 0. The van der Waals surface area contributed by atoms with Gasteiger partial charge in [-0.3, -0.25) is 9.59 Å². The molecular formula is C17H13F2NO4. The van der Waals surface area contributed by atoms with Crippen LogP contribution in [-0.4, -0.2) is 24.3 Å². The Morgan fingerprint density at radius 1 is 1.04 bits per heavy atom. The van der Waals surface area contributed by atoms with E-state index in [1.807, 2.05) is 0 Å². The van der Waals surface area contributed by atoms with E-state index in [1.165, 1.54) is 31.2 Å². The van der Waals surface area contributed by atoms with Crippen molar-refractivity contribution in [3.8, 4) is 0 Å². The van der Waals surface area contributed by atoms with Crippen LogP contribution in [-0.2, 0) is 9.53 Å². The number of amides is 1. The molecule has 0 aromatic heterocycles. The van der Waals surface area contributed by atoms with Crippen molar-refractivity contribution in [2.45, 2.75) is 6.92 Å². The van der Waals surface area contributed by atoms with E-state index in [-0.39, 0.29) is 11.5 Å². The molecule has 1 amide bonds. The predicted octanol–water partition coefficient (Wildman–Crippen LogP) is 2.96. The van der Waals surface area contributed by atoms with Crippen molar-refractivity contribution in [1.29, 1.82) is 0 Å². The molecular weight excluding hydrogens is 320 g/mol. The third kappa shape index (κ3) is 4.45. The number of carbonyl (C=O) groups is 3. The smallest absolute Gasteiger partial charge is 0.341 e. The number of hydrogen-bond donors (Lipinski definition) is 1. The Morgan fingerprint density at radius 2 is 1.71 bits per heavy atom. The van der Waals surface area contributed by atoms with Gasteiger partial charge in [0.05, 0.1) is 5.56 Å². The second kappa shape index (κ2) is 7.45. The Labute approximate surface area is 136 Å². The minimum absolute atomic E-state index is 0.246. The van der Waals surface area contributed by atoms with Gasteiger partial charge in [-0.05, 0) is 36.4 Å². The van der Waals surface area contributed by atoms with E-state index in [0.29, 0.717) is 11.8 Å². The van der Waals surface area contributed by atoms with Crippen LogP contribution in [0.5, 0.6) is 0 Å². The second-order valence-corrected chi connectivity index (χ2v) is 4.88. The number of halogens is 2. The van der Waals surface area contributed by atoms with Crippen molar-refractivity contribution in [1.82, 2.24) is 0 Å². The highest BCUT2D eigenvalue weighted by Crippen LogP contribution is 2.13. The largest absolute Gasteiger partial charge is 0.454 e. The summed E-state index contributed by atoms with van der Waals surface area (Å²) in [5.74, 6) is -3.69. The molecule has 0 atom stereocenters. The van der Waals surface area contributed by atoms with Crippen molar-refractivity contribution < 1.29 is 27.9 Å². The van der Waals surface area contributed by atoms with Crippen LogP contribution in [0.3, 0.4) is 0 Å². The molecule has 0 unspecified atom stereocenters. The van der Waals surface area contributed by atoms with Gasteiger partial charge in [0, 0.05) is 24.2 Å². The number of anilines is 1. The Morgan fingerprint density at radius 3 is 2.29 bits per heavy atom. The number of esters is 1. The number of nitrogens with one attached hydrogen (secondary N) is 1. The molecule has 24 heavy (non-hydrogen) atoms. The Balaban J connectivity index is 1.97. The number of carbonyl (C=O) groups excluding carboxylic acids is 3. The summed E-state index contributed by atoms with van der Waals surface area (Å²) in [6, 6.07) is 8.38. The van der Waals surface area contributed by atoms with Crippen LogP contribution in [0.1, 0.15) is 27.6 Å². The molecule has 0 heterocycles. The Kier molecular flexibility index (Phi) is 5.36. The maximum atomic E-state index is 13.4. The fourth-order valence-corrected chi connectivity index (χ4v) is 1.89. The molecule has 2 aromatic carbocycles. The van der Waals surface area contributed by atoms with Crippen LogP contribution in [0.4, 0.5) is 14.5 Å². The highest BCUT2D eigenvalue weighted by Gasteiger charge is 2.16. The van der Waals surface area contributed by atoms with E-state index in [9.17, 15) is 23.2 Å². The average molecular weight is 333 g/mol. The molecule has 0 radical (unpaired) electrons. The summed E-state index contributed by atoms with van der Waals surface area (Å²) >= 11 is 0. The molecule has 0 aliphatic carbocycles. The molecule has 124 valence electrons. The van der Waals surface area contributed by atoms with Gasteiger partial charge in [0.2, 0.25) is 5.91 Å². The molecule has 0 bridgehead atoms. The molecule has 0 spiro atoms. The zero-order chi connectivity index (χ0) is 17.7. The van der Waals surface area contributed by atoms with Crippen molar-refractivity contribution >= 4 is 23.3 Å². The van der Waals surface area contributed by atoms with Gasteiger partial charge < -0.3 is 10.1 Å². The molecule has 1 N–H and O–H groups in total. The van der Waals surface area contributed by atoms with Crippen molar-refractivity contribution in [2.75, 3.05) is 11.9 Å². The van der Waals surface area contributed by atoms with Crippen LogP contribution < -0.4 is 5.32 Å². The quantitative estimate of drug-likeness (QED) is 0.674.